The fraction of sp³-hybridized carbons (Fsp3) is 0.500. The van der Waals surface area contributed by atoms with Crippen LogP contribution < -0.4 is 15.2 Å². The highest BCUT2D eigenvalue weighted by atomic mass is 16.2. The van der Waals surface area contributed by atoms with Gasteiger partial charge in [-0.05, 0) is 18.6 Å². The van der Waals surface area contributed by atoms with Crippen LogP contribution in [0, 0.1) is 0 Å². The molecule has 7 nitrogen and oxygen atoms in total. The molecule has 114 valence electrons. The van der Waals surface area contributed by atoms with Gasteiger partial charge in [0.1, 0.15) is 6.54 Å². The van der Waals surface area contributed by atoms with Gasteiger partial charge in [0.25, 0.3) is 0 Å². The highest BCUT2D eigenvalue weighted by Gasteiger charge is 2.33. The van der Waals surface area contributed by atoms with E-state index in [4.69, 9.17) is 0 Å². The smallest absolute Gasteiger partial charge is 0.343 e. The van der Waals surface area contributed by atoms with E-state index < -0.39 is 0 Å². The van der Waals surface area contributed by atoms with Crippen molar-refractivity contribution in [3.63, 3.8) is 0 Å². The molecule has 0 spiro atoms. The Morgan fingerprint density at radius 1 is 1.33 bits per heavy atom. The summed E-state index contributed by atoms with van der Waals surface area (Å²) in [5.41, 5.74) is 0.647. The number of rotatable bonds is 5. The zero-order valence-corrected chi connectivity index (χ0v) is 12.7. The molecule has 0 aliphatic carbocycles. The molecule has 1 N–H and O–H groups in total. The molecule has 1 aromatic rings. The molecular weight excluding hydrogens is 270 g/mol. The largest absolute Gasteiger partial charge is 0.355 e. The summed E-state index contributed by atoms with van der Waals surface area (Å²) in [6.07, 6.45) is 3.61. The van der Waals surface area contributed by atoms with Crippen molar-refractivity contribution in [2.45, 2.75) is 19.8 Å². The van der Waals surface area contributed by atoms with Crippen molar-refractivity contribution in [1.29, 1.82) is 0 Å². The number of aromatic nitrogens is 1. The van der Waals surface area contributed by atoms with Crippen molar-refractivity contribution in [3.8, 4) is 0 Å². The quantitative estimate of drug-likeness (QED) is 0.828. The number of carbonyl (C=O) groups excluding carboxylic acids is 2. The van der Waals surface area contributed by atoms with E-state index in [-0.39, 0.29) is 18.5 Å². The molecule has 0 unspecified atom stereocenters. The molecule has 0 aromatic carbocycles. The number of urea groups is 1. The predicted octanol–water partition coefficient (Wildman–Crippen LogP) is 1.22. The number of fused-ring (bicyclic) bond motifs is 1. The normalized spacial score (nSPS) is 14.2. The van der Waals surface area contributed by atoms with Gasteiger partial charge in [0.15, 0.2) is 5.82 Å². The van der Waals surface area contributed by atoms with Crippen LogP contribution >= 0.6 is 0 Å². The van der Waals surface area contributed by atoms with E-state index in [1.165, 1.54) is 9.91 Å². The molecule has 0 atom stereocenters. The molecule has 1 aromatic heterocycles. The molecule has 1 aliphatic heterocycles. The summed E-state index contributed by atoms with van der Waals surface area (Å²) < 4.78 is 0. The Morgan fingerprint density at radius 3 is 2.81 bits per heavy atom. The maximum Gasteiger partial charge on any atom is 0.343 e. The second kappa shape index (κ2) is 6.43. The number of pyridine rings is 1. The van der Waals surface area contributed by atoms with Crippen LogP contribution in [0.25, 0.3) is 0 Å². The van der Waals surface area contributed by atoms with Gasteiger partial charge in [0.05, 0.1) is 5.69 Å². The van der Waals surface area contributed by atoms with Crippen LogP contribution in [0.15, 0.2) is 18.3 Å². The number of amides is 3. The fourth-order valence-electron chi connectivity index (χ4n) is 2.15. The lowest BCUT2D eigenvalue weighted by Gasteiger charge is -2.40. The molecule has 0 fully saturated rings. The van der Waals surface area contributed by atoms with E-state index in [9.17, 15) is 9.59 Å². The van der Waals surface area contributed by atoms with Gasteiger partial charge in [-0.1, -0.05) is 13.3 Å². The van der Waals surface area contributed by atoms with Crippen LogP contribution in [0.1, 0.15) is 19.8 Å². The summed E-state index contributed by atoms with van der Waals surface area (Å²) in [5.74, 6) is 0.491. The molecular formula is C14H21N5O2. The van der Waals surface area contributed by atoms with Gasteiger partial charge in [-0.15, -0.1) is 0 Å². The minimum atomic E-state index is -0.247. The highest BCUT2D eigenvalue weighted by molar-refractivity contribution is 6.02. The Balaban J connectivity index is 2.16. The summed E-state index contributed by atoms with van der Waals surface area (Å²) >= 11 is 0. The number of nitrogens with one attached hydrogen (secondary N) is 1. The summed E-state index contributed by atoms with van der Waals surface area (Å²) in [6.45, 7) is 2.69. The Labute approximate surface area is 124 Å². The van der Waals surface area contributed by atoms with Gasteiger partial charge in [0, 0.05) is 26.8 Å². The van der Waals surface area contributed by atoms with Gasteiger partial charge in [0.2, 0.25) is 5.91 Å². The molecule has 21 heavy (non-hydrogen) atoms. The van der Waals surface area contributed by atoms with Crippen molar-refractivity contribution in [3.05, 3.63) is 18.3 Å². The van der Waals surface area contributed by atoms with Gasteiger partial charge in [-0.25, -0.2) is 14.8 Å². The van der Waals surface area contributed by atoms with Gasteiger partial charge in [-0.2, -0.15) is 0 Å². The molecule has 3 amide bonds. The average Bonchev–Trinajstić information content (AvgIpc) is 2.49. The summed E-state index contributed by atoms with van der Waals surface area (Å²) in [4.78, 5) is 30.1. The lowest BCUT2D eigenvalue weighted by molar-refractivity contribution is -0.119. The molecule has 0 radical (unpaired) electrons. The van der Waals surface area contributed by atoms with Gasteiger partial charge < -0.3 is 5.32 Å². The van der Waals surface area contributed by atoms with Gasteiger partial charge >= 0.3 is 6.03 Å². The molecule has 7 heteroatoms. The first kappa shape index (κ1) is 15.1. The first-order chi connectivity index (χ1) is 10.1. The minimum absolute atomic E-state index is 0.000574. The monoisotopic (exact) mass is 291 g/mol. The van der Waals surface area contributed by atoms with E-state index in [0.717, 1.165) is 12.8 Å². The number of hydrogen-bond donors (Lipinski definition) is 1. The third-order valence-corrected chi connectivity index (χ3v) is 3.48. The first-order valence-electron chi connectivity index (χ1n) is 7.06. The van der Waals surface area contributed by atoms with E-state index in [1.807, 2.05) is 0 Å². The summed E-state index contributed by atoms with van der Waals surface area (Å²) in [5, 5.41) is 5.93. The molecule has 2 rings (SSSR count). The van der Waals surface area contributed by atoms with Crippen molar-refractivity contribution >= 4 is 23.4 Å². The van der Waals surface area contributed by atoms with Crippen LogP contribution in [-0.4, -0.2) is 49.1 Å². The zero-order valence-electron chi connectivity index (χ0n) is 12.7. The number of nitrogens with zero attached hydrogens (tertiary/aromatic N) is 4. The molecule has 0 saturated carbocycles. The van der Waals surface area contributed by atoms with Crippen molar-refractivity contribution in [1.82, 2.24) is 15.3 Å². The first-order valence-corrected chi connectivity index (χ1v) is 7.06. The number of unbranched alkanes of at least 4 members (excludes halogenated alkanes) is 1. The third-order valence-electron chi connectivity index (χ3n) is 3.48. The molecule has 1 aliphatic rings. The van der Waals surface area contributed by atoms with Crippen LogP contribution in [0.5, 0.6) is 0 Å². The topological polar surface area (TPSA) is 68.8 Å². The standard InChI is InChI=1S/C14H21N5O2/c1-4-5-8-15-12(20)10-19-11-7-6-9-16-13(11)17(2)18(3)14(19)21/h6-7,9H,4-5,8,10H2,1-3H3,(H,15,20). The van der Waals surface area contributed by atoms with Crippen LogP contribution in [0.2, 0.25) is 0 Å². The zero-order chi connectivity index (χ0) is 15.4. The molecule has 2 heterocycles. The fourth-order valence-corrected chi connectivity index (χ4v) is 2.15. The van der Waals surface area contributed by atoms with Crippen molar-refractivity contribution in [2.24, 2.45) is 0 Å². The van der Waals surface area contributed by atoms with Crippen LogP contribution in [-0.2, 0) is 4.79 Å². The second-order valence-corrected chi connectivity index (χ2v) is 4.97. The van der Waals surface area contributed by atoms with E-state index in [1.54, 1.807) is 37.4 Å². The SMILES string of the molecule is CCCCNC(=O)CN1C(=O)N(C)N(C)c2ncccc21. The number of hydrogen-bond acceptors (Lipinski definition) is 4. The van der Waals surface area contributed by atoms with E-state index in [2.05, 4.69) is 17.2 Å². The van der Waals surface area contributed by atoms with Gasteiger partial charge in [-0.3, -0.25) is 14.7 Å². The molecule has 0 bridgehead atoms. The molecule has 0 saturated heterocycles. The van der Waals surface area contributed by atoms with Crippen molar-refractivity contribution in [2.75, 3.05) is 37.1 Å². The summed E-state index contributed by atoms with van der Waals surface area (Å²) in [6, 6.07) is 3.31. The third kappa shape index (κ3) is 3.07. The Bertz CT molecular complexity index is 534. The van der Waals surface area contributed by atoms with Crippen LogP contribution in [0.4, 0.5) is 16.3 Å². The predicted molar refractivity (Wildman–Crippen MR) is 81.1 cm³/mol. The Morgan fingerprint density at radius 2 is 2.10 bits per heavy atom. The average molecular weight is 291 g/mol. The lowest BCUT2D eigenvalue weighted by atomic mass is 10.3. The maximum atomic E-state index is 12.4. The second-order valence-electron chi connectivity index (χ2n) is 4.97. The summed E-state index contributed by atoms with van der Waals surface area (Å²) in [7, 11) is 3.42. The number of carbonyl (C=O) groups is 2. The maximum absolute atomic E-state index is 12.4. The minimum Gasteiger partial charge on any atom is -0.355 e. The van der Waals surface area contributed by atoms with Crippen LogP contribution in [0.3, 0.4) is 0 Å². The van der Waals surface area contributed by atoms with E-state index >= 15 is 0 Å². The van der Waals surface area contributed by atoms with Crippen molar-refractivity contribution < 1.29 is 9.59 Å². The number of hydrazine groups is 1. The Kier molecular flexibility index (Phi) is 4.62. The Hall–Kier alpha value is -2.31. The number of anilines is 2. The highest BCUT2D eigenvalue weighted by Crippen LogP contribution is 2.31. The van der Waals surface area contributed by atoms with E-state index in [0.29, 0.717) is 18.1 Å². The lowest BCUT2D eigenvalue weighted by Crippen LogP contribution is -2.55.